The van der Waals surface area contributed by atoms with Gasteiger partial charge < -0.3 is 14.6 Å². The topological polar surface area (TPSA) is 58.2 Å². The second-order valence-electron chi connectivity index (χ2n) is 7.81. The van der Waals surface area contributed by atoms with Gasteiger partial charge in [-0.2, -0.15) is 0 Å². The van der Waals surface area contributed by atoms with E-state index >= 15 is 0 Å². The third kappa shape index (κ3) is 3.17. The zero-order valence-corrected chi connectivity index (χ0v) is 15.2. The summed E-state index contributed by atoms with van der Waals surface area (Å²) in [6.07, 6.45) is 4.58. The van der Waals surface area contributed by atoms with Crippen LogP contribution in [0.4, 0.5) is 0 Å². The summed E-state index contributed by atoms with van der Waals surface area (Å²) in [6.45, 7) is 7.59. The van der Waals surface area contributed by atoms with Crippen molar-refractivity contribution >= 4 is 16.9 Å². The summed E-state index contributed by atoms with van der Waals surface area (Å²) in [6, 6.07) is 4.24. The number of fused-ring (bicyclic) bond motifs is 1. The number of nitrogens with zero attached hydrogens (tertiary/aromatic N) is 2. The summed E-state index contributed by atoms with van der Waals surface area (Å²) < 4.78 is 5.60. The number of nitrogens with one attached hydrogen (secondary N) is 1. The van der Waals surface area contributed by atoms with Crippen molar-refractivity contribution in [1.82, 2.24) is 14.9 Å². The molecule has 1 atom stereocenters. The molecule has 2 saturated heterocycles. The number of carbonyl (C=O) groups excluding carboxylic acids is 1. The third-order valence-electron chi connectivity index (χ3n) is 6.00. The van der Waals surface area contributed by atoms with Crippen molar-refractivity contribution < 1.29 is 9.53 Å². The van der Waals surface area contributed by atoms with E-state index in [2.05, 4.69) is 35.9 Å². The van der Waals surface area contributed by atoms with E-state index in [1.54, 1.807) is 0 Å². The van der Waals surface area contributed by atoms with Gasteiger partial charge in [-0.25, -0.2) is 4.98 Å². The third-order valence-corrected chi connectivity index (χ3v) is 6.00. The van der Waals surface area contributed by atoms with Crippen LogP contribution in [0.5, 0.6) is 0 Å². The normalized spacial score (nSPS) is 23.9. The number of hydrogen-bond acceptors (Lipinski definition) is 3. The number of rotatable bonds is 4. The van der Waals surface area contributed by atoms with Crippen molar-refractivity contribution in [2.45, 2.75) is 46.0 Å². The predicted molar refractivity (Wildman–Crippen MR) is 97.6 cm³/mol. The van der Waals surface area contributed by atoms with E-state index in [0.29, 0.717) is 12.3 Å². The van der Waals surface area contributed by atoms with E-state index in [1.807, 2.05) is 0 Å². The molecule has 5 heteroatoms. The van der Waals surface area contributed by atoms with Crippen LogP contribution in [0.1, 0.15) is 42.6 Å². The van der Waals surface area contributed by atoms with Crippen molar-refractivity contribution in [3.05, 3.63) is 29.1 Å². The molecule has 4 rings (SSSR count). The lowest BCUT2D eigenvalue weighted by Gasteiger charge is -2.39. The monoisotopic (exact) mass is 341 g/mol. The minimum absolute atomic E-state index is 0.224. The summed E-state index contributed by atoms with van der Waals surface area (Å²) in [4.78, 5) is 22.5. The Morgan fingerprint density at radius 3 is 3.00 bits per heavy atom. The number of amides is 1. The van der Waals surface area contributed by atoms with Gasteiger partial charge >= 0.3 is 0 Å². The minimum atomic E-state index is 0.224. The molecule has 3 heterocycles. The Labute approximate surface area is 148 Å². The first-order chi connectivity index (χ1) is 12.1. The van der Waals surface area contributed by atoms with Crippen molar-refractivity contribution in [3.8, 4) is 0 Å². The first-order valence-electron chi connectivity index (χ1n) is 9.37. The second kappa shape index (κ2) is 6.45. The number of piperidine rings is 1. The van der Waals surface area contributed by atoms with E-state index in [9.17, 15) is 4.79 Å². The Morgan fingerprint density at radius 2 is 2.20 bits per heavy atom. The van der Waals surface area contributed by atoms with Crippen molar-refractivity contribution in [2.24, 2.45) is 5.41 Å². The summed E-state index contributed by atoms with van der Waals surface area (Å²) in [5, 5.41) is 0. The molecule has 1 spiro atoms. The molecular formula is C20H27N3O2. The van der Waals surface area contributed by atoms with Crippen LogP contribution in [-0.2, 0) is 16.0 Å². The van der Waals surface area contributed by atoms with Crippen LogP contribution in [0.25, 0.3) is 11.0 Å². The number of benzene rings is 1. The van der Waals surface area contributed by atoms with Gasteiger partial charge in [0.25, 0.3) is 0 Å². The smallest absolute Gasteiger partial charge is 0.222 e. The highest BCUT2D eigenvalue weighted by Crippen LogP contribution is 2.38. The molecule has 0 unspecified atom stereocenters. The Hall–Kier alpha value is -1.88. The fourth-order valence-electron chi connectivity index (χ4n) is 4.20. The number of H-pyrrole nitrogens is 1. The number of aryl methyl sites for hydroxylation is 3. The maximum atomic E-state index is 12.3. The molecule has 25 heavy (non-hydrogen) atoms. The fourth-order valence-corrected chi connectivity index (χ4v) is 4.20. The summed E-state index contributed by atoms with van der Waals surface area (Å²) in [5.74, 6) is 1.32. The average Bonchev–Trinajstić information content (AvgIpc) is 3.22. The van der Waals surface area contributed by atoms with E-state index < -0.39 is 0 Å². The first kappa shape index (κ1) is 16.6. The number of aromatic nitrogens is 2. The predicted octanol–water partition coefficient (Wildman–Crippen LogP) is 3.14. The quantitative estimate of drug-likeness (QED) is 0.929. The Bertz CT molecular complexity index is 790. The average molecular weight is 341 g/mol. The molecule has 0 saturated carbocycles. The van der Waals surface area contributed by atoms with Gasteiger partial charge in [0.05, 0.1) is 17.6 Å². The zero-order valence-electron chi connectivity index (χ0n) is 15.2. The molecule has 5 nitrogen and oxygen atoms in total. The molecule has 0 aliphatic carbocycles. The van der Waals surface area contributed by atoms with Gasteiger partial charge in [-0.1, -0.05) is 6.07 Å². The number of aromatic amines is 1. The van der Waals surface area contributed by atoms with E-state index in [1.165, 1.54) is 11.1 Å². The fraction of sp³-hybridized carbons (Fsp3) is 0.600. The highest BCUT2D eigenvalue weighted by molar-refractivity contribution is 5.80. The summed E-state index contributed by atoms with van der Waals surface area (Å²) >= 11 is 0. The molecule has 2 aliphatic heterocycles. The van der Waals surface area contributed by atoms with Gasteiger partial charge in [-0.15, -0.1) is 0 Å². The Balaban J connectivity index is 1.38. The number of ether oxygens (including phenoxy) is 1. The van der Waals surface area contributed by atoms with Crippen LogP contribution in [0.2, 0.25) is 0 Å². The van der Waals surface area contributed by atoms with Crippen molar-refractivity contribution in [1.29, 1.82) is 0 Å². The van der Waals surface area contributed by atoms with Crippen LogP contribution in [0, 0.1) is 19.3 Å². The lowest BCUT2D eigenvalue weighted by molar-refractivity contribution is -0.137. The first-order valence-corrected chi connectivity index (χ1v) is 9.37. The van der Waals surface area contributed by atoms with Gasteiger partial charge in [0, 0.05) is 38.0 Å². The molecule has 134 valence electrons. The minimum Gasteiger partial charge on any atom is -0.381 e. The van der Waals surface area contributed by atoms with Crippen LogP contribution < -0.4 is 0 Å². The highest BCUT2D eigenvalue weighted by Gasteiger charge is 2.41. The van der Waals surface area contributed by atoms with Crippen LogP contribution in [0.15, 0.2) is 12.1 Å². The van der Waals surface area contributed by atoms with Gasteiger partial charge in [-0.3, -0.25) is 4.79 Å². The maximum absolute atomic E-state index is 12.3. The molecular weight excluding hydrogens is 314 g/mol. The van der Waals surface area contributed by atoms with Gasteiger partial charge in [-0.05, 0) is 50.3 Å². The summed E-state index contributed by atoms with van der Waals surface area (Å²) in [7, 11) is 0. The molecule has 1 N–H and O–H groups in total. The molecule has 1 amide bonds. The van der Waals surface area contributed by atoms with Crippen LogP contribution in [0.3, 0.4) is 0 Å². The van der Waals surface area contributed by atoms with Crippen molar-refractivity contribution in [3.63, 3.8) is 0 Å². The maximum Gasteiger partial charge on any atom is 0.222 e. The Kier molecular flexibility index (Phi) is 4.28. The SMILES string of the molecule is Cc1ccc2[nH]c(CCCN3C[C@@]4(CCOC4)CCC3=O)nc2c1C. The molecule has 2 aliphatic rings. The largest absolute Gasteiger partial charge is 0.381 e. The zero-order chi connectivity index (χ0) is 17.4. The van der Waals surface area contributed by atoms with E-state index in [0.717, 1.165) is 68.8 Å². The van der Waals surface area contributed by atoms with Crippen LogP contribution >= 0.6 is 0 Å². The number of carbonyl (C=O) groups is 1. The van der Waals surface area contributed by atoms with Crippen molar-refractivity contribution in [2.75, 3.05) is 26.3 Å². The molecule has 1 aromatic carbocycles. The van der Waals surface area contributed by atoms with Crippen LogP contribution in [-0.4, -0.2) is 47.1 Å². The standard InChI is InChI=1S/C20H27N3O2/c1-14-5-6-16-19(15(14)2)22-17(21-16)4-3-10-23-12-20(8-7-18(23)24)9-11-25-13-20/h5-6H,3-4,7-13H2,1-2H3,(H,21,22)/t20-/m0/s1. The number of hydrogen-bond donors (Lipinski definition) is 1. The number of likely N-dealkylation sites (tertiary alicyclic amines) is 1. The number of imidazole rings is 1. The second-order valence-corrected chi connectivity index (χ2v) is 7.81. The van der Waals surface area contributed by atoms with E-state index in [4.69, 9.17) is 9.72 Å². The van der Waals surface area contributed by atoms with Gasteiger partial charge in [0.15, 0.2) is 0 Å². The molecule has 2 fully saturated rings. The van der Waals surface area contributed by atoms with Gasteiger partial charge in [0.1, 0.15) is 5.82 Å². The van der Waals surface area contributed by atoms with E-state index in [-0.39, 0.29) is 5.41 Å². The molecule has 2 aromatic rings. The molecule has 1 aromatic heterocycles. The lowest BCUT2D eigenvalue weighted by Crippen LogP contribution is -2.47. The highest BCUT2D eigenvalue weighted by atomic mass is 16.5. The van der Waals surface area contributed by atoms with Gasteiger partial charge in [0.2, 0.25) is 5.91 Å². The molecule has 0 bridgehead atoms. The summed E-state index contributed by atoms with van der Waals surface area (Å²) in [5.41, 5.74) is 4.92. The lowest BCUT2D eigenvalue weighted by atomic mass is 9.79. The molecule has 0 radical (unpaired) electrons. The Morgan fingerprint density at radius 1 is 1.32 bits per heavy atom.